The monoisotopic (exact) mass is 212 g/mol. The fourth-order valence-corrected chi connectivity index (χ4v) is 0.995. The van der Waals surface area contributed by atoms with Crippen LogP contribution >= 0.6 is 0 Å². The number of esters is 1. The minimum absolute atomic E-state index is 0.0681. The molecule has 0 heterocycles. The molecule has 0 bridgehead atoms. The Hall–Kier alpha value is -1.45. The zero-order chi connectivity index (χ0) is 12.0. The summed E-state index contributed by atoms with van der Waals surface area (Å²) >= 11 is 0. The van der Waals surface area contributed by atoms with E-state index in [4.69, 9.17) is 4.74 Å². The van der Waals surface area contributed by atoms with E-state index in [0.29, 0.717) is 5.57 Å². The molecule has 0 saturated heterocycles. The lowest BCUT2D eigenvalue weighted by Crippen LogP contribution is -2.19. The van der Waals surface area contributed by atoms with Crippen molar-refractivity contribution in [1.29, 1.82) is 0 Å². The number of hydrogen-bond donors (Lipinski definition) is 0. The molecule has 0 aliphatic heterocycles. The average Bonchev–Trinajstić information content (AvgIpc) is 2.00. The predicted octanol–water partition coefficient (Wildman–Crippen LogP) is 1.43. The molecule has 0 aromatic heterocycles. The van der Waals surface area contributed by atoms with Gasteiger partial charge < -0.3 is 4.74 Å². The van der Waals surface area contributed by atoms with Crippen molar-refractivity contribution in [3.8, 4) is 0 Å². The van der Waals surface area contributed by atoms with Gasteiger partial charge in [-0.05, 0) is 20.8 Å². The molecule has 1 atom stereocenters. The van der Waals surface area contributed by atoms with Crippen LogP contribution in [0.3, 0.4) is 0 Å². The van der Waals surface area contributed by atoms with E-state index in [1.165, 1.54) is 13.8 Å². The van der Waals surface area contributed by atoms with Crippen molar-refractivity contribution in [3.63, 3.8) is 0 Å². The van der Waals surface area contributed by atoms with Crippen LogP contribution in [0.25, 0.3) is 0 Å². The summed E-state index contributed by atoms with van der Waals surface area (Å²) in [5.41, 5.74) is 0.292. The Balaban J connectivity index is 3.98. The van der Waals surface area contributed by atoms with Crippen molar-refractivity contribution < 1.29 is 19.1 Å². The van der Waals surface area contributed by atoms with Gasteiger partial charge in [-0.1, -0.05) is 6.58 Å². The molecule has 0 aliphatic carbocycles. The summed E-state index contributed by atoms with van der Waals surface area (Å²) in [6.07, 6.45) is -0.547. The molecule has 0 aliphatic rings. The third-order valence-corrected chi connectivity index (χ3v) is 1.62. The Bertz CT molecular complexity index is 291. The number of hydrogen-bond acceptors (Lipinski definition) is 4. The van der Waals surface area contributed by atoms with Gasteiger partial charge in [0.1, 0.15) is 17.7 Å². The lowest BCUT2D eigenvalue weighted by atomic mass is 10.1. The van der Waals surface area contributed by atoms with Crippen molar-refractivity contribution >= 4 is 17.5 Å². The molecule has 0 amide bonds. The zero-order valence-electron chi connectivity index (χ0n) is 9.33. The highest BCUT2D eigenvalue weighted by Crippen LogP contribution is 2.04. The predicted molar refractivity (Wildman–Crippen MR) is 55.3 cm³/mol. The maximum absolute atomic E-state index is 11.2. The Kier molecular flexibility index (Phi) is 5.52. The summed E-state index contributed by atoms with van der Waals surface area (Å²) < 4.78 is 4.89. The van der Waals surface area contributed by atoms with Gasteiger partial charge in [-0.25, -0.2) is 4.79 Å². The number of carbonyl (C=O) groups excluding carboxylic acids is 3. The first-order chi connectivity index (χ1) is 6.82. The van der Waals surface area contributed by atoms with Gasteiger partial charge >= 0.3 is 5.97 Å². The number of ketones is 2. The molecular formula is C11H16O4. The second kappa shape index (κ2) is 6.11. The SMILES string of the molecule is C=C(C)C(=O)OC(C)CC(=O)CC(C)=O. The van der Waals surface area contributed by atoms with E-state index < -0.39 is 12.1 Å². The summed E-state index contributed by atoms with van der Waals surface area (Å²) in [6.45, 7) is 7.92. The van der Waals surface area contributed by atoms with Crippen molar-refractivity contribution in [2.24, 2.45) is 0 Å². The fraction of sp³-hybridized carbons (Fsp3) is 0.545. The van der Waals surface area contributed by atoms with Gasteiger partial charge in [0.25, 0.3) is 0 Å². The van der Waals surface area contributed by atoms with Gasteiger partial charge in [0, 0.05) is 12.0 Å². The van der Waals surface area contributed by atoms with Crippen molar-refractivity contribution in [2.75, 3.05) is 0 Å². The molecule has 1 unspecified atom stereocenters. The lowest BCUT2D eigenvalue weighted by molar-refractivity contribution is -0.144. The van der Waals surface area contributed by atoms with Crippen LogP contribution in [-0.4, -0.2) is 23.6 Å². The van der Waals surface area contributed by atoms with Crippen LogP contribution in [0.4, 0.5) is 0 Å². The first kappa shape index (κ1) is 13.5. The van der Waals surface area contributed by atoms with Crippen LogP contribution in [-0.2, 0) is 19.1 Å². The second-order valence-electron chi connectivity index (χ2n) is 3.62. The minimum atomic E-state index is -0.516. The first-order valence-corrected chi connectivity index (χ1v) is 4.70. The Morgan fingerprint density at radius 2 is 1.80 bits per heavy atom. The van der Waals surface area contributed by atoms with Crippen LogP contribution < -0.4 is 0 Å². The van der Waals surface area contributed by atoms with Gasteiger partial charge in [-0.2, -0.15) is 0 Å². The summed E-state index contributed by atoms with van der Waals surface area (Å²) in [7, 11) is 0. The molecule has 0 fully saturated rings. The molecule has 0 aromatic rings. The lowest BCUT2D eigenvalue weighted by Gasteiger charge is -2.11. The van der Waals surface area contributed by atoms with E-state index in [2.05, 4.69) is 6.58 Å². The molecule has 4 nitrogen and oxygen atoms in total. The van der Waals surface area contributed by atoms with Gasteiger partial charge in [-0.15, -0.1) is 0 Å². The van der Waals surface area contributed by atoms with E-state index in [1.807, 2.05) is 0 Å². The standard InChI is InChI=1S/C11H16O4/c1-7(2)11(14)15-9(4)6-10(13)5-8(3)12/h9H,1,5-6H2,2-4H3. The van der Waals surface area contributed by atoms with Crippen molar-refractivity contribution in [2.45, 2.75) is 39.7 Å². The van der Waals surface area contributed by atoms with E-state index in [1.54, 1.807) is 6.92 Å². The second-order valence-corrected chi connectivity index (χ2v) is 3.62. The highest BCUT2D eigenvalue weighted by atomic mass is 16.5. The van der Waals surface area contributed by atoms with Crippen LogP contribution in [0.1, 0.15) is 33.6 Å². The summed E-state index contributed by atoms with van der Waals surface area (Å²) in [4.78, 5) is 32.9. The van der Waals surface area contributed by atoms with Crippen LogP contribution in [0.5, 0.6) is 0 Å². The number of Topliss-reactive ketones (excluding diaryl/α,β-unsaturated/α-hetero) is 2. The molecule has 0 aromatic carbocycles. The topological polar surface area (TPSA) is 60.4 Å². The van der Waals surface area contributed by atoms with Gasteiger partial charge in [0.2, 0.25) is 0 Å². The first-order valence-electron chi connectivity index (χ1n) is 4.70. The van der Waals surface area contributed by atoms with Gasteiger partial charge in [0.05, 0.1) is 6.42 Å². The molecule has 0 saturated carbocycles. The van der Waals surface area contributed by atoms with E-state index in [-0.39, 0.29) is 24.4 Å². The highest BCUT2D eigenvalue weighted by molar-refractivity contribution is 5.98. The average molecular weight is 212 g/mol. The van der Waals surface area contributed by atoms with Crippen molar-refractivity contribution in [3.05, 3.63) is 12.2 Å². The number of ether oxygens (including phenoxy) is 1. The van der Waals surface area contributed by atoms with Crippen LogP contribution in [0.2, 0.25) is 0 Å². The molecule has 15 heavy (non-hydrogen) atoms. The van der Waals surface area contributed by atoms with Crippen molar-refractivity contribution in [1.82, 2.24) is 0 Å². The maximum Gasteiger partial charge on any atom is 0.333 e. The van der Waals surface area contributed by atoms with Crippen LogP contribution in [0.15, 0.2) is 12.2 Å². The van der Waals surface area contributed by atoms with Crippen LogP contribution in [0, 0.1) is 0 Å². The zero-order valence-corrected chi connectivity index (χ0v) is 9.33. The van der Waals surface area contributed by atoms with E-state index in [9.17, 15) is 14.4 Å². The molecule has 0 rings (SSSR count). The van der Waals surface area contributed by atoms with Gasteiger partial charge in [0.15, 0.2) is 0 Å². The fourth-order valence-electron chi connectivity index (χ4n) is 0.995. The molecule has 0 radical (unpaired) electrons. The third-order valence-electron chi connectivity index (χ3n) is 1.62. The summed E-state index contributed by atoms with van der Waals surface area (Å²) in [5, 5.41) is 0. The van der Waals surface area contributed by atoms with Gasteiger partial charge in [-0.3, -0.25) is 9.59 Å². The Labute approximate surface area is 89.3 Å². The Morgan fingerprint density at radius 1 is 1.27 bits per heavy atom. The summed E-state index contributed by atoms with van der Waals surface area (Å²) in [5.74, 6) is -0.916. The molecule has 0 spiro atoms. The smallest absolute Gasteiger partial charge is 0.333 e. The number of carbonyl (C=O) groups is 3. The Morgan fingerprint density at radius 3 is 2.20 bits per heavy atom. The van der Waals surface area contributed by atoms with E-state index >= 15 is 0 Å². The minimum Gasteiger partial charge on any atom is -0.459 e. The maximum atomic E-state index is 11.2. The molecular weight excluding hydrogens is 196 g/mol. The summed E-state index contributed by atoms with van der Waals surface area (Å²) in [6, 6.07) is 0. The molecule has 0 N–H and O–H groups in total. The normalized spacial score (nSPS) is 11.7. The number of rotatable bonds is 6. The van der Waals surface area contributed by atoms with E-state index in [0.717, 1.165) is 0 Å². The largest absolute Gasteiger partial charge is 0.459 e. The highest BCUT2D eigenvalue weighted by Gasteiger charge is 2.15. The quantitative estimate of drug-likeness (QED) is 0.379. The third kappa shape index (κ3) is 6.60. The molecule has 4 heteroatoms. The molecule has 84 valence electrons.